The molecule has 0 radical (unpaired) electrons. The molecule has 1 saturated heterocycles. The molecule has 0 spiro atoms. The normalized spacial score (nSPS) is 14.9. The molecule has 1 fully saturated rings. The Kier molecular flexibility index (Phi) is 6.34. The van der Waals surface area contributed by atoms with Gasteiger partial charge in [0.1, 0.15) is 11.5 Å². The Labute approximate surface area is 126 Å². The zero-order valence-corrected chi connectivity index (χ0v) is 12.6. The van der Waals surface area contributed by atoms with Crippen molar-refractivity contribution in [2.75, 3.05) is 39.9 Å². The molecule has 0 unspecified atom stereocenters. The summed E-state index contributed by atoms with van der Waals surface area (Å²) in [5, 5.41) is 2.88. The highest BCUT2D eigenvalue weighted by atomic mass is 16.5. The van der Waals surface area contributed by atoms with Crippen molar-refractivity contribution in [3.05, 3.63) is 24.3 Å². The second kappa shape index (κ2) is 8.52. The molecule has 1 N–H and O–H groups in total. The van der Waals surface area contributed by atoms with E-state index in [2.05, 4.69) is 10.2 Å². The van der Waals surface area contributed by atoms with Crippen LogP contribution in [0, 0.1) is 0 Å². The quantitative estimate of drug-likeness (QED) is 0.741. The summed E-state index contributed by atoms with van der Waals surface area (Å²) >= 11 is 0. The van der Waals surface area contributed by atoms with E-state index in [1.54, 1.807) is 19.2 Å². The Morgan fingerprint density at radius 1 is 1.19 bits per heavy atom. The number of carbonyl (C=O) groups excluding carboxylic acids is 1. The van der Waals surface area contributed by atoms with Gasteiger partial charge in [-0.05, 0) is 63.2 Å². The van der Waals surface area contributed by atoms with Gasteiger partial charge in [0.25, 0.3) is 5.91 Å². The van der Waals surface area contributed by atoms with Gasteiger partial charge in [-0.3, -0.25) is 4.79 Å². The molecule has 21 heavy (non-hydrogen) atoms. The summed E-state index contributed by atoms with van der Waals surface area (Å²) in [5.74, 6) is 1.36. The van der Waals surface area contributed by atoms with Crippen molar-refractivity contribution in [2.45, 2.75) is 19.3 Å². The third kappa shape index (κ3) is 5.63. The predicted molar refractivity (Wildman–Crippen MR) is 81.8 cm³/mol. The predicted octanol–water partition coefficient (Wildman–Crippen LogP) is 1.68. The number of amides is 1. The Balaban J connectivity index is 1.56. The summed E-state index contributed by atoms with van der Waals surface area (Å²) in [6.07, 6.45) is 3.61. The first-order valence-electron chi connectivity index (χ1n) is 7.54. The highest BCUT2D eigenvalue weighted by Crippen LogP contribution is 2.16. The summed E-state index contributed by atoms with van der Waals surface area (Å²) in [5.41, 5.74) is 0. The number of benzene rings is 1. The molecule has 1 amide bonds. The lowest BCUT2D eigenvalue weighted by Crippen LogP contribution is -2.31. The molecule has 5 heteroatoms. The van der Waals surface area contributed by atoms with E-state index in [9.17, 15) is 4.79 Å². The van der Waals surface area contributed by atoms with Crippen LogP contribution in [0.1, 0.15) is 19.3 Å². The van der Waals surface area contributed by atoms with Crippen LogP contribution in [0.15, 0.2) is 24.3 Å². The summed E-state index contributed by atoms with van der Waals surface area (Å²) < 4.78 is 10.5. The minimum absolute atomic E-state index is 0.0516. The maximum atomic E-state index is 11.7. The number of hydrogen-bond donors (Lipinski definition) is 1. The molecule has 1 heterocycles. The van der Waals surface area contributed by atoms with E-state index in [1.807, 2.05) is 12.1 Å². The lowest BCUT2D eigenvalue weighted by atomic mass is 10.3. The lowest BCUT2D eigenvalue weighted by molar-refractivity contribution is -0.123. The van der Waals surface area contributed by atoms with Gasteiger partial charge in [-0.25, -0.2) is 0 Å². The second-order valence-corrected chi connectivity index (χ2v) is 5.22. The maximum Gasteiger partial charge on any atom is 0.257 e. The first-order chi connectivity index (χ1) is 10.3. The van der Waals surface area contributed by atoms with Crippen LogP contribution in [0.2, 0.25) is 0 Å². The third-order valence-electron chi connectivity index (χ3n) is 3.60. The molecule has 0 saturated carbocycles. The Bertz CT molecular complexity index is 428. The number of hydrogen-bond acceptors (Lipinski definition) is 4. The standard InChI is InChI=1S/C16H24N2O3/c1-20-14-5-7-15(8-6-14)21-13-16(19)17-9-4-12-18-10-2-3-11-18/h5-8H,2-4,9-13H2,1H3,(H,17,19). The van der Waals surface area contributed by atoms with Crippen molar-refractivity contribution < 1.29 is 14.3 Å². The van der Waals surface area contributed by atoms with Crippen molar-refractivity contribution in [3.8, 4) is 11.5 Å². The summed E-state index contributed by atoms with van der Waals surface area (Å²) in [7, 11) is 1.62. The molecular weight excluding hydrogens is 268 g/mol. The highest BCUT2D eigenvalue weighted by Gasteiger charge is 2.10. The lowest BCUT2D eigenvalue weighted by Gasteiger charge is -2.14. The Hall–Kier alpha value is -1.75. The number of methoxy groups -OCH3 is 1. The van der Waals surface area contributed by atoms with Crippen molar-refractivity contribution in [2.24, 2.45) is 0 Å². The summed E-state index contributed by atoms with van der Waals surface area (Å²) in [6.45, 7) is 4.24. The van der Waals surface area contributed by atoms with E-state index in [4.69, 9.17) is 9.47 Å². The minimum atomic E-state index is -0.0766. The van der Waals surface area contributed by atoms with Crippen molar-refractivity contribution in [1.82, 2.24) is 10.2 Å². The van der Waals surface area contributed by atoms with Gasteiger partial charge >= 0.3 is 0 Å². The molecule has 1 aliphatic heterocycles. The largest absolute Gasteiger partial charge is 0.497 e. The highest BCUT2D eigenvalue weighted by molar-refractivity contribution is 5.77. The second-order valence-electron chi connectivity index (χ2n) is 5.22. The molecule has 1 aliphatic rings. The summed E-state index contributed by atoms with van der Waals surface area (Å²) in [6, 6.07) is 7.20. The maximum absolute atomic E-state index is 11.7. The van der Waals surface area contributed by atoms with Crippen molar-refractivity contribution in [1.29, 1.82) is 0 Å². The number of carbonyl (C=O) groups is 1. The van der Waals surface area contributed by atoms with Crippen LogP contribution >= 0.6 is 0 Å². The van der Waals surface area contributed by atoms with E-state index in [0.717, 1.165) is 18.7 Å². The van der Waals surface area contributed by atoms with Gasteiger partial charge in [-0.1, -0.05) is 0 Å². The van der Waals surface area contributed by atoms with Crippen LogP contribution in [-0.4, -0.2) is 50.7 Å². The smallest absolute Gasteiger partial charge is 0.257 e. The molecule has 5 nitrogen and oxygen atoms in total. The minimum Gasteiger partial charge on any atom is -0.497 e. The molecule has 0 aliphatic carbocycles. The van der Waals surface area contributed by atoms with Crippen LogP contribution in [0.5, 0.6) is 11.5 Å². The average molecular weight is 292 g/mol. The number of likely N-dealkylation sites (tertiary alicyclic amines) is 1. The van der Waals surface area contributed by atoms with Crippen LogP contribution in [-0.2, 0) is 4.79 Å². The first kappa shape index (κ1) is 15.6. The third-order valence-corrected chi connectivity index (χ3v) is 3.60. The molecule has 0 atom stereocenters. The molecule has 1 aromatic carbocycles. The van der Waals surface area contributed by atoms with E-state index in [1.165, 1.54) is 25.9 Å². The van der Waals surface area contributed by atoms with Gasteiger partial charge < -0.3 is 19.7 Å². The van der Waals surface area contributed by atoms with Gasteiger partial charge in [-0.2, -0.15) is 0 Å². The van der Waals surface area contributed by atoms with Crippen LogP contribution in [0.25, 0.3) is 0 Å². The van der Waals surface area contributed by atoms with Gasteiger partial charge in [0, 0.05) is 6.54 Å². The van der Waals surface area contributed by atoms with Gasteiger partial charge in [0.2, 0.25) is 0 Å². The Morgan fingerprint density at radius 3 is 2.52 bits per heavy atom. The molecule has 116 valence electrons. The average Bonchev–Trinajstić information content (AvgIpc) is 3.03. The van der Waals surface area contributed by atoms with Crippen LogP contribution < -0.4 is 14.8 Å². The van der Waals surface area contributed by atoms with E-state index < -0.39 is 0 Å². The molecule has 0 bridgehead atoms. The number of ether oxygens (including phenoxy) is 2. The van der Waals surface area contributed by atoms with Crippen molar-refractivity contribution in [3.63, 3.8) is 0 Å². The van der Waals surface area contributed by atoms with Crippen molar-refractivity contribution >= 4 is 5.91 Å². The van der Waals surface area contributed by atoms with Gasteiger partial charge in [-0.15, -0.1) is 0 Å². The SMILES string of the molecule is COc1ccc(OCC(=O)NCCCN2CCCC2)cc1. The molecular formula is C16H24N2O3. The van der Waals surface area contributed by atoms with Crippen LogP contribution in [0.3, 0.4) is 0 Å². The fourth-order valence-corrected chi connectivity index (χ4v) is 2.41. The fraction of sp³-hybridized carbons (Fsp3) is 0.562. The monoisotopic (exact) mass is 292 g/mol. The zero-order chi connectivity index (χ0) is 14.9. The van der Waals surface area contributed by atoms with E-state index >= 15 is 0 Å². The number of rotatable bonds is 8. The molecule has 0 aromatic heterocycles. The number of nitrogens with one attached hydrogen (secondary N) is 1. The molecule has 2 rings (SSSR count). The number of nitrogens with zero attached hydrogens (tertiary/aromatic N) is 1. The topological polar surface area (TPSA) is 50.8 Å². The van der Waals surface area contributed by atoms with Crippen LogP contribution in [0.4, 0.5) is 0 Å². The Morgan fingerprint density at radius 2 is 1.86 bits per heavy atom. The van der Waals surface area contributed by atoms with Gasteiger partial charge in [0.15, 0.2) is 6.61 Å². The summed E-state index contributed by atoms with van der Waals surface area (Å²) in [4.78, 5) is 14.1. The molecule has 1 aromatic rings. The fourth-order valence-electron chi connectivity index (χ4n) is 2.41. The zero-order valence-electron chi connectivity index (χ0n) is 12.6. The van der Waals surface area contributed by atoms with E-state index in [0.29, 0.717) is 12.3 Å². The first-order valence-corrected chi connectivity index (χ1v) is 7.54. The van der Waals surface area contributed by atoms with E-state index in [-0.39, 0.29) is 12.5 Å². The van der Waals surface area contributed by atoms with Gasteiger partial charge in [0.05, 0.1) is 7.11 Å².